The zero-order valence-electron chi connectivity index (χ0n) is 9.60. The molecule has 0 aromatic carbocycles. The number of hydrogen-bond donors (Lipinski definition) is 2. The topological polar surface area (TPSA) is 65.1 Å². The molecule has 86 valence electrons. The van der Waals surface area contributed by atoms with Crippen LogP contribution in [0.2, 0.25) is 0 Å². The molecule has 0 aliphatic carbocycles. The number of nitrogens with two attached hydrogens (primary N) is 1. The van der Waals surface area contributed by atoms with Crippen LogP contribution in [0.15, 0.2) is 12.4 Å². The second-order valence-corrected chi connectivity index (χ2v) is 3.91. The van der Waals surface area contributed by atoms with Gasteiger partial charge in [0.2, 0.25) is 0 Å². The molecular weight excluding hydrogens is 192 g/mol. The lowest BCUT2D eigenvalue weighted by Gasteiger charge is -2.19. The highest BCUT2D eigenvalue weighted by Crippen LogP contribution is 2.18. The Bertz CT molecular complexity index is 287. The molecule has 0 fully saturated rings. The van der Waals surface area contributed by atoms with Gasteiger partial charge in [-0.25, -0.2) is 10.4 Å². The summed E-state index contributed by atoms with van der Waals surface area (Å²) in [6.45, 7) is 2.87. The maximum atomic E-state index is 5.53. The molecule has 0 saturated carbocycles. The number of nitrogens with one attached hydrogen (secondary N) is 1. The van der Waals surface area contributed by atoms with Gasteiger partial charge >= 0.3 is 0 Å². The van der Waals surface area contributed by atoms with Gasteiger partial charge in [0.05, 0.1) is 6.04 Å². The van der Waals surface area contributed by atoms with Gasteiger partial charge in [-0.05, 0) is 12.3 Å². The zero-order valence-corrected chi connectivity index (χ0v) is 9.60. The summed E-state index contributed by atoms with van der Waals surface area (Å²) in [7, 11) is 3.68. The molecule has 0 aliphatic rings. The Morgan fingerprint density at radius 1 is 1.67 bits per heavy atom. The van der Waals surface area contributed by atoms with Crippen molar-refractivity contribution in [3.63, 3.8) is 0 Å². The summed E-state index contributed by atoms with van der Waals surface area (Å²) in [5.74, 6) is 6.94. The van der Waals surface area contributed by atoms with Crippen LogP contribution in [0.3, 0.4) is 0 Å². The van der Waals surface area contributed by atoms with E-state index >= 15 is 0 Å². The molecule has 1 aromatic heterocycles. The second kappa shape index (κ2) is 5.85. The number of imidazole rings is 1. The minimum Gasteiger partial charge on any atom is -0.384 e. The van der Waals surface area contributed by atoms with E-state index in [-0.39, 0.29) is 6.04 Å². The lowest BCUT2D eigenvalue weighted by molar-refractivity contribution is 0.148. The van der Waals surface area contributed by atoms with E-state index in [1.54, 1.807) is 13.3 Å². The van der Waals surface area contributed by atoms with E-state index in [1.807, 2.05) is 17.8 Å². The van der Waals surface area contributed by atoms with Crippen molar-refractivity contribution in [3.8, 4) is 0 Å². The molecule has 1 heterocycles. The number of nitrogens with zero attached hydrogens (tertiary/aromatic N) is 2. The molecule has 15 heavy (non-hydrogen) atoms. The summed E-state index contributed by atoms with van der Waals surface area (Å²) in [4.78, 5) is 4.28. The average Bonchev–Trinajstić information content (AvgIpc) is 2.61. The largest absolute Gasteiger partial charge is 0.384 e. The zero-order chi connectivity index (χ0) is 11.3. The molecule has 5 heteroatoms. The SMILES string of the molecule is COCC(C)CC(NN)c1nccn1C. The van der Waals surface area contributed by atoms with Crippen molar-refractivity contribution in [2.24, 2.45) is 18.8 Å². The van der Waals surface area contributed by atoms with Crippen LogP contribution in [0.1, 0.15) is 25.2 Å². The molecule has 1 aromatic rings. The summed E-state index contributed by atoms with van der Waals surface area (Å²) in [5, 5.41) is 0. The molecule has 0 amide bonds. The predicted molar refractivity (Wildman–Crippen MR) is 58.9 cm³/mol. The molecular formula is C10H20N4O. The van der Waals surface area contributed by atoms with E-state index in [4.69, 9.17) is 10.6 Å². The number of aromatic nitrogens is 2. The molecule has 2 unspecified atom stereocenters. The molecule has 5 nitrogen and oxygen atoms in total. The first-order valence-corrected chi connectivity index (χ1v) is 5.11. The monoisotopic (exact) mass is 212 g/mol. The summed E-state index contributed by atoms with van der Waals surface area (Å²) in [6.07, 6.45) is 4.61. The normalized spacial score (nSPS) is 15.2. The van der Waals surface area contributed by atoms with E-state index in [9.17, 15) is 0 Å². The highest BCUT2D eigenvalue weighted by atomic mass is 16.5. The van der Waals surface area contributed by atoms with Crippen LogP contribution in [0.5, 0.6) is 0 Å². The first-order valence-electron chi connectivity index (χ1n) is 5.11. The third-order valence-electron chi connectivity index (χ3n) is 2.46. The van der Waals surface area contributed by atoms with Gasteiger partial charge < -0.3 is 9.30 Å². The third-order valence-corrected chi connectivity index (χ3v) is 2.46. The minimum absolute atomic E-state index is 0.0788. The summed E-state index contributed by atoms with van der Waals surface area (Å²) in [5.41, 5.74) is 2.80. The van der Waals surface area contributed by atoms with Crippen molar-refractivity contribution in [1.29, 1.82) is 0 Å². The molecule has 0 radical (unpaired) electrons. The summed E-state index contributed by atoms with van der Waals surface area (Å²) in [6, 6.07) is 0.0788. The van der Waals surface area contributed by atoms with Crippen molar-refractivity contribution < 1.29 is 4.74 Å². The van der Waals surface area contributed by atoms with Crippen LogP contribution in [0, 0.1) is 5.92 Å². The molecule has 2 atom stereocenters. The number of rotatable bonds is 6. The van der Waals surface area contributed by atoms with Gasteiger partial charge in [0.1, 0.15) is 5.82 Å². The Morgan fingerprint density at radius 3 is 2.87 bits per heavy atom. The number of methoxy groups -OCH3 is 1. The first-order chi connectivity index (χ1) is 7.19. The van der Waals surface area contributed by atoms with Gasteiger partial charge in [0, 0.05) is 33.2 Å². The number of hydrogen-bond acceptors (Lipinski definition) is 4. The quantitative estimate of drug-likeness (QED) is 0.535. The molecule has 0 bridgehead atoms. The fraction of sp³-hybridized carbons (Fsp3) is 0.700. The van der Waals surface area contributed by atoms with Gasteiger partial charge in [-0.3, -0.25) is 5.84 Å². The van der Waals surface area contributed by atoms with Crippen LogP contribution < -0.4 is 11.3 Å². The van der Waals surface area contributed by atoms with Crippen LogP contribution in [0.25, 0.3) is 0 Å². The van der Waals surface area contributed by atoms with Gasteiger partial charge in [-0.2, -0.15) is 0 Å². The fourth-order valence-electron chi connectivity index (χ4n) is 1.72. The number of aryl methyl sites for hydroxylation is 1. The smallest absolute Gasteiger partial charge is 0.126 e. The lowest BCUT2D eigenvalue weighted by Crippen LogP contribution is -2.31. The number of ether oxygens (including phenoxy) is 1. The van der Waals surface area contributed by atoms with Crippen molar-refractivity contribution >= 4 is 0 Å². The Morgan fingerprint density at radius 2 is 2.40 bits per heavy atom. The van der Waals surface area contributed by atoms with Crippen LogP contribution >= 0.6 is 0 Å². The van der Waals surface area contributed by atoms with E-state index < -0.39 is 0 Å². The van der Waals surface area contributed by atoms with E-state index in [2.05, 4.69) is 17.3 Å². The van der Waals surface area contributed by atoms with E-state index in [1.165, 1.54) is 0 Å². The van der Waals surface area contributed by atoms with Crippen molar-refractivity contribution in [2.45, 2.75) is 19.4 Å². The van der Waals surface area contributed by atoms with Crippen molar-refractivity contribution in [3.05, 3.63) is 18.2 Å². The summed E-state index contributed by atoms with van der Waals surface area (Å²) < 4.78 is 7.08. The highest BCUT2D eigenvalue weighted by molar-refractivity contribution is 4.98. The van der Waals surface area contributed by atoms with Crippen molar-refractivity contribution in [1.82, 2.24) is 15.0 Å². The molecule has 3 N–H and O–H groups in total. The minimum atomic E-state index is 0.0788. The Labute approximate surface area is 90.6 Å². The van der Waals surface area contributed by atoms with E-state index in [0.29, 0.717) is 5.92 Å². The van der Waals surface area contributed by atoms with Crippen molar-refractivity contribution in [2.75, 3.05) is 13.7 Å². The lowest BCUT2D eigenvalue weighted by atomic mass is 10.0. The maximum absolute atomic E-state index is 5.53. The maximum Gasteiger partial charge on any atom is 0.126 e. The van der Waals surface area contributed by atoms with Gasteiger partial charge in [0.15, 0.2) is 0 Å². The van der Waals surface area contributed by atoms with Gasteiger partial charge in [-0.15, -0.1) is 0 Å². The summed E-state index contributed by atoms with van der Waals surface area (Å²) >= 11 is 0. The predicted octanol–water partition coefficient (Wildman–Crippen LogP) is 0.597. The standard InChI is InChI=1S/C10H20N4O/c1-8(7-15-3)6-9(13-11)10-12-4-5-14(10)2/h4-5,8-9,13H,6-7,11H2,1-3H3. The Balaban J connectivity index is 2.60. The Hall–Kier alpha value is -0.910. The van der Waals surface area contributed by atoms with Crippen LogP contribution in [-0.4, -0.2) is 23.3 Å². The van der Waals surface area contributed by atoms with Gasteiger partial charge in [0.25, 0.3) is 0 Å². The number of hydrazine groups is 1. The highest BCUT2D eigenvalue weighted by Gasteiger charge is 2.17. The molecule has 1 rings (SSSR count). The molecule has 0 saturated heterocycles. The van der Waals surface area contributed by atoms with Crippen LogP contribution in [-0.2, 0) is 11.8 Å². The third kappa shape index (κ3) is 3.30. The Kier molecular flexibility index (Phi) is 4.74. The molecule has 0 spiro atoms. The first kappa shape index (κ1) is 12.2. The van der Waals surface area contributed by atoms with Crippen LogP contribution in [0.4, 0.5) is 0 Å². The van der Waals surface area contributed by atoms with Gasteiger partial charge in [-0.1, -0.05) is 6.92 Å². The average molecular weight is 212 g/mol. The second-order valence-electron chi connectivity index (χ2n) is 3.91. The van der Waals surface area contributed by atoms with E-state index in [0.717, 1.165) is 18.9 Å². The molecule has 0 aliphatic heterocycles. The fourth-order valence-corrected chi connectivity index (χ4v) is 1.72.